The van der Waals surface area contributed by atoms with Gasteiger partial charge in [0, 0.05) is 6.20 Å². The summed E-state index contributed by atoms with van der Waals surface area (Å²) < 4.78 is 36.7. The molecule has 18 heavy (non-hydrogen) atoms. The average Bonchev–Trinajstić information content (AvgIpc) is 2.29. The Morgan fingerprint density at radius 2 is 1.94 bits per heavy atom. The Bertz CT molecular complexity index is 381. The van der Waals surface area contributed by atoms with Gasteiger partial charge in [-0.2, -0.15) is 13.2 Å². The lowest BCUT2D eigenvalue weighted by Gasteiger charge is -2.32. The maximum absolute atomic E-state index is 12.2. The molecule has 0 radical (unpaired) electrons. The van der Waals surface area contributed by atoms with E-state index in [4.69, 9.17) is 5.73 Å². The van der Waals surface area contributed by atoms with E-state index in [0.29, 0.717) is 24.8 Å². The molecule has 2 heterocycles. The molecule has 100 valence electrons. The number of likely N-dealkylation sites (tertiary alicyclic amines) is 1. The molecule has 2 N–H and O–H groups in total. The smallest absolute Gasteiger partial charge is 0.384 e. The number of nitrogens with zero attached hydrogens (tertiary/aromatic N) is 2. The molecule has 3 nitrogen and oxygen atoms in total. The van der Waals surface area contributed by atoms with Crippen LogP contribution in [0.4, 0.5) is 19.0 Å². The molecular weight excluding hydrogens is 243 g/mol. The van der Waals surface area contributed by atoms with Gasteiger partial charge < -0.3 is 5.73 Å². The Morgan fingerprint density at radius 3 is 2.44 bits per heavy atom. The van der Waals surface area contributed by atoms with Gasteiger partial charge in [0.2, 0.25) is 0 Å². The van der Waals surface area contributed by atoms with Crippen LogP contribution < -0.4 is 5.73 Å². The average molecular weight is 259 g/mol. The van der Waals surface area contributed by atoms with Crippen LogP contribution >= 0.6 is 0 Å². The first-order chi connectivity index (χ1) is 8.44. The molecule has 1 aliphatic rings. The Balaban J connectivity index is 1.88. The minimum Gasteiger partial charge on any atom is -0.384 e. The predicted molar refractivity (Wildman–Crippen MR) is 63.1 cm³/mol. The Kier molecular flexibility index (Phi) is 3.75. The van der Waals surface area contributed by atoms with Crippen molar-refractivity contribution in [2.75, 3.05) is 25.4 Å². The van der Waals surface area contributed by atoms with Crippen molar-refractivity contribution in [1.82, 2.24) is 9.88 Å². The van der Waals surface area contributed by atoms with Crippen molar-refractivity contribution in [1.29, 1.82) is 0 Å². The van der Waals surface area contributed by atoms with Crippen LogP contribution in [0.15, 0.2) is 18.3 Å². The summed E-state index contributed by atoms with van der Waals surface area (Å²) in [5.41, 5.74) is 6.57. The van der Waals surface area contributed by atoms with Gasteiger partial charge in [-0.3, -0.25) is 4.90 Å². The van der Waals surface area contributed by atoms with Crippen molar-refractivity contribution in [2.45, 2.75) is 24.9 Å². The summed E-state index contributed by atoms with van der Waals surface area (Å²) in [6, 6.07) is 3.64. The Labute approximate surface area is 104 Å². The SMILES string of the molecule is Nc1ccc(C2CCN(CC(F)(F)F)CC2)cn1. The fraction of sp³-hybridized carbons (Fsp3) is 0.583. The Hall–Kier alpha value is -1.30. The largest absolute Gasteiger partial charge is 0.401 e. The van der Waals surface area contributed by atoms with E-state index in [1.54, 1.807) is 12.3 Å². The van der Waals surface area contributed by atoms with Crippen LogP contribution in [0.25, 0.3) is 0 Å². The van der Waals surface area contributed by atoms with Crippen LogP contribution in [-0.4, -0.2) is 35.7 Å². The Morgan fingerprint density at radius 1 is 1.28 bits per heavy atom. The summed E-state index contributed by atoms with van der Waals surface area (Å²) in [5.74, 6) is 0.760. The number of hydrogen-bond acceptors (Lipinski definition) is 3. The van der Waals surface area contributed by atoms with Crippen molar-refractivity contribution in [3.8, 4) is 0 Å². The minimum absolute atomic E-state index is 0.294. The zero-order chi connectivity index (χ0) is 13.2. The highest BCUT2D eigenvalue weighted by molar-refractivity contribution is 5.30. The molecule has 0 atom stereocenters. The van der Waals surface area contributed by atoms with Gasteiger partial charge >= 0.3 is 6.18 Å². The van der Waals surface area contributed by atoms with Gasteiger partial charge in [0.05, 0.1) is 6.54 Å². The number of rotatable bonds is 2. The second-order valence-electron chi connectivity index (χ2n) is 4.68. The lowest BCUT2D eigenvalue weighted by atomic mass is 9.90. The van der Waals surface area contributed by atoms with E-state index in [0.717, 1.165) is 18.4 Å². The lowest BCUT2D eigenvalue weighted by molar-refractivity contribution is -0.147. The van der Waals surface area contributed by atoms with Gasteiger partial charge in [0.25, 0.3) is 0 Å². The number of nitrogens with two attached hydrogens (primary N) is 1. The highest BCUT2D eigenvalue weighted by atomic mass is 19.4. The molecular formula is C12H16F3N3. The van der Waals surface area contributed by atoms with E-state index in [9.17, 15) is 13.2 Å². The summed E-state index contributed by atoms with van der Waals surface area (Å²) in [5, 5.41) is 0. The summed E-state index contributed by atoms with van der Waals surface area (Å²) in [7, 11) is 0. The maximum atomic E-state index is 12.2. The zero-order valence-electron chi connectivity index (χ0n) is 9.95. The summed E-state index contributed by atoms with van der Waals surface area (Å²) >= 11 is 0. The molecule has 0 bridgehead atoms. The lowest BCUT2D eigenvalue weighted by Crippen LogP contribution is -2.39. The van der Waals surface area contributed by atoms with Crippen LogP contribution in [0.1, 0.15) is 24.3 Å². The van der Waals surface area contributed by atoms with Gasteiger partial charge in [-0.05, 0) is 43.5 Å². The van der Waals surface area contributed by atoms with E-state index in [1.165, 1.54) is 4.90 Å². The van der Waals surface area contributed by atoms with Crippen molar-refractivity contribution < 1.29 is 13.2 Å². The second kappa shape index (κ2) is 5.14. The summed E-state index contributed by atoms with van der Waals surface area (Å²) in [4.78, 5) is 5.48. The fourth-order valence-corrected chi connectivity index (χ4v) is 2.34. The molecule has 0 aliphatic carbocycles. The van der Waals surface area contributed by atoms with Crippen molar-refractivity contribution >= 4 is 5.82 Å². The van der Waals surface area contributed by atoms with Crippen LogP contribution in [-0.2, 0) is 0 Å². The van der Waals surface area contributed by atoms with E-state index < -0.39 is 12.7 Å². The maximum Gasteiger partial charge on any atom is 0.401 e. The number of halogens is 3. The number of alkyl halides is 3. The van der Waals surface area contributed by atoms with Gasteiger partial charge in [0.15, 0.2) is 0 Å². The normalized spacial score (nSPS) is 19.1. The molecule has 1 aromatic rings. The quantitative estimate of drug-likeness (QED) is 0.886. The molecule has 0 saturated carbocycles. The monoisotopic (exact) mass is 259 g/mol. The van der Waals surface area contributed by atoms with Crippen LogP contribution in [0.3, 0.4) is 0 Å². The first-order valence-electron chi connectivity index (χ1n) is 5.94. The fourth-order valence-electron chi connectivity index (χ4n) is 2.34. The number of piperidine rings is 1. The van der Waals surface area contributed by atoms with Gasteiger partial charge in [-0.15, -0.1) is 0 Å². The van der Waals surface area contributed by atoms with Gasteiger partial charge in [0.1, 0.15) is 5.82 Å². The van der Waals surface area contributed by atoms with Crippen molar-refractivity contribution in [2.24, 2.45) is 0 Å². The van der Waals surface area contributed by atoms with E-state index >= 15 is 0 Å². The van der Waals surface area contributed by atoms with E-state index in [1.807, 2.05) is 6.07 Å². The van der Waals surface area contributed by atoms with Crippen molar-refractivity contribution in [3.05, 3.63) is 23.9 Å². The van der Waals surface area contributed by atoms with E-state index in [-0.39, 0.29) is 0 Å². The third kappa shape index (κ3) is 3.60. The molecule has 0 aromatic carbocycles. The molecule has 1 saturated heterocycles. The number of pyridine rings is 1. The predicted octanol–water partition coefficient (Wildman–Crippen LogP) is 2.41. The molecule has 0 spiro atoms. The second-order valence-corrected chi connectivity index (χ2v) is 4.68. The number of aromatic nitrogens is 1. The van der Waals surface area contributed by atoms with Crippen LogP contribution in [0.2, 0.25) is 0 Å². The van der Waals surface area contributed by atoms with E-state index in [2.05, 4.69) is 4.98 Å². The van der Waals surface area contributed by atoms with Gasteiger partial charge in [-0.25, -0.2) is 4.98 Å². The molecule has 2 rings (SSSR count). The number of anilines is 1. The third-order valence-corrected chi connectivity index (χ3v) is 3.27. The molecule has 0 unspecified atom stereocenters. The number of hydrogen-bond donors (Lipinski definition) is 1. The first-order valence-corrected chi connectivity index (χ1v) is 5.94. The van der Waals surface area contributed by atoms with Crippen molar-refractivity contribution in [3.63, 3.8) is 0 Å². The molecule has 6 heteroatoms. The topological polar surface area (TPSA) is 42.1 Å². The summed E-state index contributed by atoms with van der Waals surface area (Å²) in [6.07, 6.45) is -0.904. The molecule has 0 amide bonds. The zero-order valence-corrected chi connectivity index (χ0v) is 9.95. The van der Waals surface area contributed by atoms with Crippen LogP contribution in [0, 0.1) is 0 Å². The standard InChI is InChI=1S/C12H16F3N3/c13-12(14,15)8-18-5-3-9(4-6-18)10-1-2-11(16)17-7-10/h1-2,7,9H,3-6,8H2,(H2,16,17). The van der Waals surface area contributed by atoms with Gasteiger partial charge in [-0.1, -0.05) is 6.07 Å². The minimum atomic E-state index is -4.10. The number of nitrogen functional groups attached to an aromatic ring is 1. The van der Waals surface area contributed by atoms with Crippen LogP contribution in [0.5, 0.6) is 0 Å². The highest BCUT2D eigenvalue weighted by Gasteiger charge is 2.32. The molecule has 1 aromatic heterocycles. The summed E-state index contributed by atoms with van der Waals surface area (Å²) in [6.45, 7) is 0.156. The molecule has 1 fully saturated rings. The first kappa shape index (κ1) is 13.1. The molecule has 1 aliphatic heterocycles. The highest BCUT2D eigenvalue weighted by Crippen LogP contribution is 2.29. The third-order valence-electron chi connectivity index (χ3n) is 3.27.